The molecule has 2 aromatic rings. The van der Waals surface area contributed by atoms with E-state index in [1.165, 1.54) is 17.5 Å². The lowest BCUT2D eigenvalue weighted by Crippen LogP contribution is -2.36. The molecule has 0 aromatic heterocycles. The Morgan fingerprint density at radius 1 is 1.11 bits per heavy atom. The van der Waals surface area contributed by atoms with Crippen LogP contribution in [0.3, 0.4) is 0 Å². The number of amides is 1. The Morgan fingerprint density at radius 2 is 1.81 bits per heavy atom. The van der Waals surface area contributed by atoms with Crippen molar-refractivity contribution in [2.24, 2.45) is 0 Å². The molecule has 144 valence electrons. The number of hydrogen-bond acceptors (Lipinski definition) is 4. The van der Waals surface area contributed by atoms with Crippen molar-refractivity contribution in [2.75, 3.05) is 25.5 Å². The summed E-state index contributed by atoms with van der Waals surface area (Å²) in [5.41, 5.74) is 0.627. The Bertz CT molecular complexity index is 940. The Hall–Kier alpha value is -1.90. The maximum atomic E-state index is 13.0. The Morgan fingerprint density at radius 3 is 2.52 bits per heavy atom. The van der Waals surface area contributed by atoms with Crippen LogP contribution < -0.4 is 10.1 Å². The zero-order valence-corrected chi connectivity index (χ0v) is 17.3. The summed E-state index contributed by atoms with van der Waals surface area (Å²) in [5.74, 6) is 0.125. The van der Waals surface area contributed by atoms with Gasteiger partial charge in [-0.25, -0.2) is 8.42 Å². The van der Waals surface area contributed by atoms with Gasteiger partial charge in [0.1, 0.15) is 10.6 Å². The summed E-state index contributed by atoms with van der Waals surface area (Å²) < 4.78 is 33.3. The average molecular weight is 453 g/mol. The summed E-state index contributed by atoms with van der Waals surface area (Å²) >= 11 is 3.35. The summed E-state index contributed by atoms with van der Waals surface area (Å²) in [4.78, 5) is 12.9. The lowest BCUT2D eigenvalue weighted by atomic mass is 10.2. The average Bonchev–Trinajstić information content (AvgIpc) is 2.69. The van der Waals surface area contributed by atoms with Crippen LogP contribution in [0.25, 0.3) is 0 Å². The van der Waals surface area contributed by atoms with E-state index in [0.717, 1.165) is 19.3 Å². The Labute approximate surface area is 167 Å². The van der Waals surface area contributed by atoms with Crippen molar-refractivity contribution in [2.45, 2.75) is 24.2 Å². The molecule has 0 saturated carbocycles. The highest BCUT2D eigenvalue weighted by Crippen LogP contribution is 2.28. The van der Waals surface area contributed by atoms with Gasteiger partial charge in [-0.15, -0.1) is 0 Å². The van der Waals surface area contributed by atoms with Gasteiger partial charge in [0, 0.05) is 17.6 Å². The number of rotatable bonds is 5. The number of hydrogen-bond donors (Lipinski definition) is 1. The van der Waals surface area contributed by atoms with E-state index in [4.69, 9.17) is 4.74 Å². The lowest BCUT2D eigenvalue weighted by molar-refractivity contribution is 0.102. The topological polar surface area (TPSA) is 75.7 Å². The first-order valence-electron chi connectivity index (χ1n) is 8.67. The van der Waals surface area contributed by atoms with Crippen LogP contribution >= 0.6 is 15.9 Å². The molecule has 1 N–H and O–H groups in total. The minimum Gasteiger partial charge on any atom is -0.497 e. The largest absolute Gasteiger partial charge is 0.497 e. The summed E-state index contributed by atoms with van der Waals surface area (Å²) in [6.07, 6.45) is 2.74. The molecular weight excluding hydrogens is 432 g/mol. The summed E-state index contributed by atoms with van der Waals surface area (Å²) in [7, 11) is -2.14. The van der Waals surface area contributed by atoms with Crippen LogP contribution in [0.15, 0.2) is 51.8 Å². The van der Waals surface area contributed by atoms with E-state index < -0.39 is 15.9 Å². The standard InChI is InChI=1S/C19H21BrN2O4S/c1-26-14-9-10-16(20)15(13-14)19(23)21-17-7-3-4-8-18(17)27(24,25)22-11-5-2-6-12-22/h3-4,7-10,13H,2,5-6,11-12H2,1H3,(H,21,23). The highest BCUT2D eigenvalue weighted by atomic mass is 79.9. The number of methoxy groups -OCH3 is 1. The van der Waals surface area contributed by atoms with E-state index in [1.54, 1.807) is 36.4 Å². The second kappa shape index (κ2) is 8.41. The quantitative estimate of drug-likeness (QED) is 0.746. The van der Waals surface area contributed by atoms with Crippen LogP contribution in [-0.2, 0) is 10.0 Å². The first kappa shape index (κ1) is 19.9. The highest BCUT2D eigenvalue weighted by Gasteiger charge is 2.28. The molecule has 1 fully saturated rings. The van der Waals surface area contributed by atoms with Gasteiger partial charge in [-0.1, -0.05) is 18.6 Å². The maximum Gasteiger partial charge on any atom is 0.256 e. The first-order valence-corrected chi connectivity index (χ1v) is 10.9. The van der Waals surface area contributed by atoms with Crippen molar-refractivity contribution in [1.82, 2.24) is 4.31 Å². The SMILES string of the molecule is COc1ccc(Br)c(C(=O)Nc2ccccc2S(=O)(=O)N2CCCCC2)c1. The van der Waals surface area contributed by atoms with Gasteiger partial charge in [-0.3, -0.25) is 4.79 Å². The van der Waals surface area contributed by atoms with E-state index in [0.29, 0.717) is 28.9 Å². The highest BCUT2D eigenvalue weighted by molar-refractivity contribution is 9.10. The normalized spacial score (nSPS) is 15.3. The predicted molar refractivity (Wildman–Crippen MR) is 108 cm³/mol. The third-order valence-electron chi connectivity index (χ3n) is 4.49. The predicted octanol–water partition coefficient (Wildman–Crippen LogP) is 3.88. The molecule has 3 rings (SSSR count). The number of piperidine rings is 1. The number of halogens is 1. The fourth-order valence-electron chi connectivity index (χ4n) is 3.03. The lowest BCUT2D eigenvalue weighted by Gasteiger charge is -2.26. The van der Waals surface area contributed by atoms with Crippen LogP contribution in [0, 0.1) is 0 Å². The fourth-order valence-corrected chi connectivity index (χ4v) is 5.13. The molecule has 0 aliphatic carbocycles. The molecule has 1 aliphatic rings. The van der Waals surface area contributed by atoms with Crippen LogP contribution in [0.5, 0.6) is 5.75 Å². The Balaban J connectivity index is 1.91. The van der Waals surface area contributed by atoms with E-state index in [-0.39, 0.29) is 10.6 Å². The van der Waals surface area contributed by atoms with E-state index in [9.17, 15) is 13.2 Å². The number of benzene rings is 2. The molecule has 0 radical (unpaired) electrons. The molecule has 0 spiro atoms. The summed E-state index contributed by atoms with van der Waals surface area (Å²) in [6.45, 7) is 1.01. The van der Waals surface area contributed by atoms with Gasteiger partial charge in [-0.05, 0) is 59.1 Å². The monoisotopic (exact) mass is 452 g/mol. The Kier molecular flexibility index (Phi) is 6.18. The number of ether oxygens (including phenoxy) is 1. The van der Waals surface area contributed by atoms with Crippen LogP contribution in [-0.4, -0.2) is 38.8 Å². The fraction of sp³-hybridized carbons (Fsp3) is 0.316. The van der Waals surface area contributed by atoms with Gasteiger partial charge in [0.05, 0.1) is 18.4 Å². The minimum atomic E-state index is -3.66. The molecule has 0 atom stereocenters. The molecule has 0 bridgehead atoms. The minimum absolute atomic E-state index is 0.110. The zero-order chi connectivity index (χ0) is 19.4. The number of nitrogens with zero attached hydrogens (tertiary/aromatic N) is 1. The van der Waals surface area contributed by atoms with Crippen molar-refractivity contribution in [3.63, 3.8) is 0 Å². The molecule has 27 heavy (non-hydrogen) atoms. The molecule has 1 saturated heterocycles. The third-order valence-corrected chi connectivity index (χ3v) is 7.13. The molecule has 8 heteroatoms. The maximum absolute atomic E-state index is 13.0. The van der Waals surface area contributed by atoms with Gasteiger partial charge in [0.2, 0.25) is 10.0 Å². The molecule has 1 heterocycles. The van der Waals surface area contributed by atoms with Gasteiger partial charge >= 0.3 is 0 Å². The van der Waals surface area contributed by atoms with Gasteiger partial charge < -0.3 is 10.1 Å². The van der Waals surface area contributed by atoms with Gasteiger partial charge in [0.25, 0.3) is 5.91 Å². The van der Waals surface area contributed by atoms with Gasteiger partial charge in [0.15, 0.2) is 0 Å². The van der Waals surface area contributed by atoms with Gasteiger partial charge in [-0.2, -0.15) is 4.31 Å². The summed E-state index contributed by atoms with van der Waals surface area (Å²) in [6, 6.07) is 11.5. The van der Waals surface area contributed by atoms with Crippen molar-refractivity contribution >= 4 is 37.5 Å². The van der Waals surface area contributed by atoms with Crippen LogP contribution in [0.2, 0.25) is 0 Å². The van der Waals surface area contributed by atoms with Crippen molar-refractivity contribution in [1.29, 1.82) is 0 Å². The number of carbonyl (C=O) groups excluding carboxylic acids is 1. The van der Waals surface area contributed by atoms with E-state index >= 15 is 0 Å². The molecule has 1 amide bonds. The summed E-state index contributed by atoms with van der Waals surface area (Å²) in [5, 5.41) is 2.73. The van der Waals surface area contributed by atoms with Crippen molar-refractivity contribution in [3.05, 3.63) is 52.5 Å². The zero-order valence-electron chi connectivity index (χ0n) is 14.9. The number of anilines is 1. The molecule has 2 aromatic carbocycles. The molecule has 0 unspecified atom stereocenters. The van der Waals surface area contributed by atoms with Crippen LogP contribution in [0.1, 0.15) is 29.6 Å². The van der Waals surface area contributed by atoms with Crippen molar-refractivity contribution < 1.29 is 17.9 Å². The number of nitrogens with one attached hydrogen (secondary N) is 1. The number of carbonyl (C=O) groups is 1. The second-order valence-corrected chi connectivity index (χ2v) is 9.02. The molecule has 1 aliphatic heterocycles. The van der Waals surface area contributed by atoms with Crippen LogP contribution in [0.4, 0.5) is 5.69 Å². The van der Waals surface area contributed by atoms with E-state index in [1.807, 2.05) is 0 Å². The first-order chi connectivity index (χ1) is 12.9. The third kappa shape index (κ3) is 4.34. The smallest absolute Gasteiger partial charge is 0.256 e. The van der Waals surface area contributed by atoms with E-state index in [2.05, 4.69) is 21.2 Å². The number of sulfonamides is 1. The second-order valence-electron chi connectivity index (χ2n) is 6.26. The molecular formula is C19H21BrN2O4S. The molecule has 6 nitrogen and oxygen atoms in total. The number of para-hydroxylation sites is 1. The van der Waals surface area contributed by atoms with Crippen molar-refractivity contribution in [3.8, 4) is 5.75 Å².